The molecule has 1 saturated carbocycles. The van der Waals surface area contributed by atoms with Crippen LogP contribution in [0.2, 0.25) is 0 Å². The highest BCUT2D eigenvalue weighted by molar-refractivity contribution is 14.1. The molecule has 1 spiro atoms. The van der Waals surface area contributed by atoms with Crippen LogP contribution in [0.1, 0.15) is 51.9 Å². The van der Waals surface area contributed by atoms with Crippen molar-refractivity contribution in [3.63, 3.8) is 0 Å². The van der Waals surface area contributed by atoms with Crippen LogP contribution < -0.4 is 0 Å². The lowest BCUT2D eigenvalue weighted by atomic mass is 9.77. The number of halogens is 1. The van der Waals surface area contributed by atoms with Gasteiger partial charge in [-0.3, -0.25) is 0 Å². The lowest BCUT2D eigenvalue weighted by Gasteiger charge is -2.42. The maximum Gasteiger partial charge on any atom is 0.0204 e. The SMILES string of the molecule is CC[C@H]1CCC2(CCCC2)CN1I. The molecule has 0 radical (unpaired) electrons. The Labute approximate surface area is 95.8 Å². The fourth-order valence-corrected chi connectivity index (χ4v) is 4.47. The zero-order valence-electron chi connectivity index (χ0n) is 8.56. The summed E-state index contributed by atoms with van der Waals surface area (Å²) < 4.78 is 2.59. The minimum Gasteiger partial charge on any atom is -0.244 e. The second-order valence-corrected chi connectivity index (χ2v) is 6.10. The molecule has 0 aromatic carbocycles. The van der Waals surface area contributed by atoms with E-state index in [1.807, 2.05) is 0 Å². The van der Waals surface area contributed by atoms with Crippen molar-refractivity contribution >= 4 is 22.9 Å². The molecule has 0 aromatic rings. The first-order valence-electron chi connectivity index (χ1n) is 5.68. The summed E-state index contributed by atoms with van der Waals surface area (Å²) in [7, 11) is 0. The molecular weight excluding hydrogens is 273 g/mol. The van der Waals surface area contributed by atoms with Gasteiger partial charge in [-0.05, 0) is 37.5 Å². The van der Waals surface area contributed by atoms with Crippen LogP contribution in [-0.2, 0) is 0 Å². The van der Waals surface area contributed by atoms with Gasteiger partial charge in [-0.1, -0.05) is 19.8 Å². The van der Waals surface area contributed by atoms with Crippen molar-refractivity contribution in [1.82, 2.24) is 3.11 Å². The predicted molar refractivity (Wildman–Crippen MR) is 64.9 cm³/mol. The summed E-state index contributed by atoms with van der Waals surface area (Å²) in [4.78, 5) is 0. The third-order valence-corrected chi connectivity index (χ3v) is 5.15. The van der Waals surface area contributed by atoms with E-state index in [-0.39, 0.29) is 0 Å². The summed E-state index contributed by atoms with van der Waals surface area (Å²) in [5.41, 5.74) is 0.743. The number of nitrogens with zero attached hydrogens (tertiary/aromatic N) is 1. The molecule has 1 atom stereocenters. The van der Waals surface area contributed by atoms with Crippen LogP contribution >= 0.6 is 22.9 Å². The Bertz CT molecular complexity index is 175. The van der Waals surface area contributed by atoms with E-state index in [0.29, 0.717) is 0 Å². The second-order valence-electron chi connectivity index (χ2n) is 4.87. The summed E-state index contributed by atoms with van der Waals surface area (Å²) in [5, 5.41) is 0. The largest absolute Gasteiger partial charge is 0.244 e. The Balaban J connectivity index is 1.97. The molecule has 0 aromatic heterocycles. The predicted octanol–water partition coefficient (Wildman–Crippen LogP) is 3.77. The molecule has 1 saturated heterocycles. The molecule has 1 aliphatic heterocycles. The van der Waals surface area contributed by atoms with Gasteiger partial charge >= 0.3 is 0 Å². The lowest BCUT2D eigenvalue weighted by molar-refractivity contribution is 0.127. The first-order valence-corrected chi connectivity index (χ1v) is 6.65. The third kappa shape index (κ3) is 2.04. The summed E-state index contributed by atoms with van der Waals surface area (Å²) in [6.07, 6.45) is 10.3. The average Bonchev–Trinajstić information content (AvgIpc) is 2.54. The van der Waals surface area contributed by atoms with Crippen LogP contribution in [0.25, 0.3) is 0 Å². The van der Waals surface area contributed by atoms with Gasteiger partial charge in [-0.15, -0.1) is 0 Å². The first-order chi connectivity index (χ1) is 6.26. The first kappa shape index (κ1) is 10.2. The molecule has 2 heteroatoms. The molecular formula is C11H20IN. The van der Waals surface area contributed by atoms with Crippen molar-refractivity contribution in [2.75, 3.05) is 6.54 Å². The zero-order chi connectivity index (χ0) is 9.31. The van der Waals surface area contributed by atoms with E-state index < -0.39 is 0 Å². The molecule has 0 N–H and O–H groups in total. The maximum absolute atomic E-state index is 2.59. The van der Waals surface area contributed by atoms with Gasteiger partial charge in [0, 0.05) is 35.5 Å². The molecule has 1 heterocycles. The Morgan fingerprint density at radius 3 is 2.54 bits per heavy atom. The van der Waals surface area contributed by atoms with E-state index in [2.05, 4.69) is 32.9 Å². The maximum atomic E-state index is 2.59. The molecule has 0 unspecified atom stereocenters. The number of piperidine rings is 1. The highest BCUT2D eigenvalue weighted by atomic mass is 127. The molecule has 2 fully saturated rings. The number of rotatable bonds is 1. The summed E-state index contributed by atoms with van der Waals surface area (Å²) in [5.74, 6) is 0. The quantitative estimate of drug-likeness (QED) is 0.525. The van der Waals surface area contributed by atoms with Gasteiger partial charge in [0.1, 0.15) is 0 Å². The number of hydrogen-bond donors (Lipinski definition) is 0. The number of hydrogen-bond acceptors (Lipinski definition) is 1. The van der Waals surface area contributed by atoms with E-state index in [1.165, 1.54) is 51.5 Å². The summed E-state index contributed by atoms with van der Waals surface area (Å²) >= 11 is 2.55. The van der Waals surface area contributed by atoms with Crippen LogP contribution in [0, 0.1) is 5.41 Å². The van der Waals surface area contributed by atoms with Gasteiger partial charge in [0.05, 0.1) is 0 Å². The normalized spacial score (nSPS) is 34.2. The van der Waals surface area contributed by atoms with Crippen molar-refractivity contribution in [1.29, 1.82) is 0 Å². The van der Waals surface area contributed by atoms with E-state index in [1.54, 1.807) is 0 Å². The fourth-order valence-electron chi connectivity index (χ4n) is 3.08. The van der Waals surface area contributed by atoms with Crippen molar-refractivity contribution in [3.8, 4) is 0 Å². The molecule has 13 heavy (non-hydrogen) atoms. The molecule has 0 amide bonds. The van der Waals surface area contributed by atoms with Gasteiger partial charge in [0.25, 0.3) is 0 Å². The summed E-state index contributed by atoms with van der Waals surface area (Å²) in [6, 6.07) is 0.867. The third-order valence-electron chi connectivity index (χ3n) is 4.03. The summed E-state index contributed by atoms with van der Waals surface area (Å²) in [6.45, 7) is 3.69. The van der Waals surface area contributed by atoms with Crippen LogP contribution in [0.5, 0.6) is 0 Å². The molecule has 1 nitrogen and oxygen atoms in total. The Hall–Kier alpha value is 0.690. The Morgan fingerprint density at radius 1 is 1.31 bits per heavy atom. The van der Waals surface area contributed by atoms with Crippen LogP contribution in [0.4, 0.5) is 0 Å². The van der Waals surface area contributed by atoms with E-state index in [0.717, 1.165) is 11.5 Å². The second kappa shape index (κ2) is 4.05. The standard InChI is InChI=1S/C11H20IN/c1-2-10-5-8-11(9-13(10)12)6-3-4-7-11/h10H,2-9H2,1H3/t10-/m0/s1. The van der Waals surface area contributed by atoms with Gasteiger partial charge in [0.2, 0.25) is 0 Å². The molecule has 0 bridgehead atoms. The topological polar surface area (TPSA) is 3.24 Å². The van der Waals surface area contributed by atoms with Crippen LogP contribution in [0.3, 0.4) is 0 Å². The van der Waals surface area contributed by atoms with E-state index in [4.69, 9.17) is 0 Å². The fraction of sp³-hybridized carbons (Fsp3) is 1.00. The van der Waals surface area contributed by atoms with Gasteiger partial charge < -0.3 is 0 Å². The van der Waals surface area contributed by atoms with Crippen molar-refractivity contribution in [3.05, 3.63) is 0 Å². The van der Waals surface area contributed by atoms with Gasteiger partial charge in [0.15, 0.2) is 0 Å². The highest BCUT2D eigenvalue weighted by Crippen LogP contribution is 2.47. The van der Waals surface area contributed by atoms with Crippen LogP contribution in [0.15, 0.2) is 0 Å². The molecule has 2 rings (SSSR count). The minimum absolute atomic E-state index is 0.743. The highest BCUT2D eigenvalue weighted by Gasteiger charge is 2.39. The van der Waals surface area contributed by atoms with Crippen molar-refractivity contribution < 1.29 is 0 Å². The lowest BCUT2D eigenvalue weighted by Crippen LogP contribution is -2.42. The molecule has 76 valence electrons. The molecule has 2 aliphatic rings. The van der Waals surface area contributed by atoms with Gasteiger partial charge in [-0.2, -0.15) is 0 Å². The monoisotopic (exact) mass is 293 g/mol. The van der Waals surface area contributed by atoms with E-state index in [9.17, 15) is 0 Å². The Morgan fingerprint density at radius 2 is 2.00 bits per heavy atom. The average molecular weight is 293 g/mol. The van der Waals surface area contributed by atoms with Crippen molar-refractivity contribution in [2.45, 2.75) is 57.9 Å². The van der Waals surface area contributed by atoms with Gasteiger partial charge in [-0.25, -0.2) is 3.11 Å². The van der Waals surface area contributed by atoms with E-state index >= 15 is 0 Å². The zero-order valence-corrected chi connectivity index (χ0v) is 10.7. The molecule has 1 aliphatic carbocycles. The minimum atomic E-state index is 0.743. The Kier molecular flexibility index (Phi) is 3.18. The van der Waals surface area contributed by atoms with Crippen LogP contribution in [-0.4, -0.2) is 15.7 Å². The van der Waals surface area contributed by atoms with Crippen molar-refractivity contribution in [2.24, 2.45) is 5.41 Å². The smallest absolute Gasteiger partial charge is 0.0204 e.